The van der Waals surface area contributed by atoms with Crippen LogP contribution in [0.4, 0.5) is 0 Å². The van der Waals surface area contributed by atoms with Crippen molar-refractivity contribution in [1.82, 2.24) is 25.1 Å². The van der Waals surface area contributed by atoms with Gasteiger partial charge in [-0.3, -0.25) is 9.78 Å². The zero-order chi connectivity index (χ0) is 15.2. The maximum Gasteiger partial charge on any atom is 0.253 e. The van der Waals surface area contributed by atoms with Crippen LogP contribution in [0.1, 0.15) is 29.1 Å². The van der Waals surface area contributed by atoms with E-state index in [-0.39, 0.29) is 11.9 Å². The molecule has 2 aromatic rings. The highest BCUT2D eigenvalue weighted by Crippen LogP contribution is 2.12. The fraction of sp³-hybridized carbons (Fsp3) is 0.385. The summed E-state index contributed by atoms with van der Waals surface area (Å²) in [5.74, 6) is 0.397. The first kappa shape index (κ1) is 15.4. The fourth-order valence-electron chi connectivity index (χ4n) is 1.84. The van der Waals surface area contributed by atoms with Crippen LogP contribution in [0.2, 0.25) is 5.02 Å². The highest BCUT2D eigenvalue weighted by molar-refractivity contribution is 6.30. The largest absolute Gasteiger partial charge is 0.383 e. The quantitative estimate of drug-likeness (QED) is 0.873. The Kier molecular flexibility index (Phi) is 5.24. The number of rotatable bonds is 6. The smallest absolute Gasteiger partial charge is 0.253 e. The van der Waals surface area contributed by atoms with Crippen LogP contribution in [0, 0.1) is 0 Å². The van der Waals surface area contributed by atoms with Gasteiger partial charge in [-0.25, -0.2) is 0 Å². The molecule has 0 saturated heterocycles. The molecule has 1 atom stereocenters. The topological polar surface area (TPSA) is 81.9 Å². The van der Waals surface area contributed by atoms with E-state index in [9.17, 15) is 4.79 Å². The van der Waals surface area contributed by atoms with Gasteiger partial charge < -0.3 is 14.6 Å². The molecule has 7 nitrogen and oxygen atoms in total. The number of methoxy groups -OCH3 is 1. The number of halogens is 1. The van der Waals surface area contributed by atoms with Crippen molar-refractivity contribution in [3.63, 3.8) is 0 Å². The van der Waals surface area contributed by atoms with Crippen LogP contribution in [-0.4, -0.2) is 39.4 Å². The molecule has 8 heteroatoms. The molecule has 0 aliphatic carbocycles. The standard InChI is InChI=1S/C13H16ClN5O2/c1-9(12-18-16-8-19(12)3-4-21-2)17-13(20)10-5-11(14)7-15-6-10/h5-9H,3-4H2,1-2H3,(H,17,20). The summed E-state index contributed by atoms with van der Waals surface area (Å²) in [6.07, 6.45) is 4.55. The highest BCUT2D eigenvalue weighted by atomic mass is 35.5. The van der Waals surface area contributed by atoms with Crippen molar-refractivity contribution in [3.8, 4) is 0 Å². The van der Waals surface area contributed by atoms with Gasteiger partial charge in [-0.05, 0) is 13.0 Å². The molecule has 0 bridgehead atoms. The molecular formula is C13H16ClN5O2. The molecular weight excluding hydrogens is 294 g/mol. The SMILES string of the molecule is COCCn1cnnc1C(C)NC(=O)c1cncc(Cl)c1. The molecule has 0 aromatic carbocycles. The molecule has 21 heavy (non-hydrogen) atoms. The van der Waals surface area contributed by atoms with Crippen LogP contribution in [-0.2, 0) is 11.3 Å². The number of nitrogens with one attached hydrogen (secondary N) is 1. The lowest BCUT2D eigenvalue weighted by Crippen LogP contribution is -2.29. The highest BCUT2D eigenvalue weighted by Gasteiger charge is 2.17. The normalized spacial score (nSPS) is 12.1. The van der Waals surface area contributed by atoms with Crippen molar-refractivity contribution < 1.29 is 9.53 Å². The van der Waals surface area contributed by atoms with Crippen LogP contribution >= 0.6 is 11.6 Å². The van der Waals surface area contributed by atoms with E-state index in [4.69, 9.17) is 16.3 Å². The van der Waals surface area contributed by atoms with Gasteiger partial charge in [0.2, 0.25) is 0 Å². The first-order chi connectivity index (χ1) is 10.1. The Morgan fingerprint density at radius 3 is 3.05 bits per heavy atom. The fourth-order valence-corrected chi connectivity index (χ4v) is 2.02. The number of amides is 1. The molecule has 2 heterocycles. The van der Waals surface area contributed by atoms with E-state index in [0.29, 0.717) is 29.6 Å². The molecule has 0 radical (unpaired) electrons. The van der Waals surface area contributed by atoms with Gasteiger partial charge in [0, 0.05) is 26.0 Å². The Balaban J connectivity index is 2.05. The van der Waals surface area contributed by atoms with Gasteiger partial charge in [-0.2, -0.15) is 0 Å². The number of carbonyl (C=O) groups is 1. The summed E-state index contributed by atoms with van der Waals surface area (Å²) in [5, 5.41) is 11.2. The number of ether oxygens (including phenoxy) is 1. The molecule has 0 aliphatic rings. The summed E-state index contributed by atoms with van der Waals surface area (Å²) < 4.78 is 6.86. The average Bonchev–Trinajstić information content (AvgIpc) is 2.93. The zero-order valence-corrected chi connectivity index (χ0v) is 12.5. The Hall–Kier alpha value is -1.99. The third-order valence-corrected chi connectivity index (χ3v) is 3.09. The molecule has 0 fully saturated rings. The molecule has 2 rings (SSSR count). The van der Waals surface area contributed by atoms with Crippen LogP contribution in [0.25, 0.3) is 0 Å². The second-order valence-corrected chi connectivity index (χ2v) is 4.90. The number of aromatic nitrogens is 4. The number of hydrogen-bond acceptors (Lipinski definition) is 5. The number of nitrogens with zero attached hydrogens (tertiary/aromatic N) is 4. The molecule has 112 valence electrons. The zero-order valence-electron chi connectivity index (χ0n) is 11.8. The number of pyridine rings is 1. The van der Waals surface area contributed by atoms with Gasteiger partial charge in [0.25, 0.3) is 5.91 Å². The van der Waals surface area contributed by atoms with Gasteiger partial charge in [0.1, 0.15) is 6.33 Å². The minimum absolute atomic E-state index is 0.265. The van der Waals surface area contributed by atoms with Gasteiger partial charge in [-0.15, -0.1) is 10.2 Å². The summed E-state index contributed by atoms with van der Waals surface area (Å²) >= 11 is 5.82. The third-order valence-electron chi connectivity index (χ3n) is 2.88. The number of hydrogen-bond donors (Lipinski definition) is 1. The van der Waals surface area contributed by atoms with Gasteiger partial charge in [-0.1, -0.05) is 11.6 Å². The van der Waals surface area contributed by atoms with Crippen molar-refractivity contribution in [2.24, 2.45) is 0 Å². The predicted octanol–water partition coefficient (Wildman–Crippen LogP) is 1.46. The van der Waals surface area contributed by atoms with Gasteiger partial charge in [0.05, 0.1) is 23.2 Å². The van der Waals surface area contributed by atoms with E-state index in [0.717, 1.165) is 0 Å². The lowest BCUT2D eigenvalue weighted by Gasteiger charge is -2.14. The summed E-state index contributed by atoms with van der Waals surface area (Å²) in [4.78, 5) is 16.0. The molecule has 1 N–H and O–H groups in total. The van der Waals surface area contributed by atoms with Crippen LogP contribution in [0.15, 0.2) is 24.8 Å². The van der Waals surface area contributed by atoms with Crippen molar-refractivity contribution in [3.05, 3.63) is 41.2 Å². The van der Waals surface area contributed by atoms with E-state index >= 15 is 0 Å². The first-order valence-electron chi connectivity index (χ1n) is 6.40. The van der Waals surface area contributed by atoms with E-state index in [1.54, 1.807) is 19.5 Å². The monoisotopic (exact) mass is 309 g/mol. The van der Waals surface area contributed by atoms with E-state index in [1.807, 2.05) is 11.5 Å². The maximum atomic E-state index is 12.1. The van der Waals surface area contributed by atoms with Crippen LogP contribution in [0.5, 0.6) is 0 Å². The number of carbonyl (C=O) groups excluding carboxylic acids is 1. The Morgan fingerprint density at radius 1 is 1.52 bits per heavy atom. The van der Waals surface area contributed by atoms with Crippen LogP contribution in [0.3, 0.4) is 0 Å². The second kappa shape index (κ2) is 7.14. The molecule has 0 saturated carbocycles. The Morgan fingerprint density at radius 2 is 2.33 bits per heavy atom. The first-order valence-corrected chi connectivity index (χ1v) is 6.77. The minimum Gasteiger partial charge on any atom is -0.383 e. The summed E-state index contributed by atoms with van der Waals surface area (Å²) in [6, 6.07) is 1.27. The molecule has 0 aliphatic heterocycles. The average molecular weight is 310 g/mol. The molecule has 1 amide bonds. The minimum atomic E-state index is -0.296. The second-order valence-electron chi connectivity index (χ2n) is 4.46. The summed E-state index contributed by atoms with van der Waals surface area (Å²) in [6.45, 7) is 3.00. The molecule has 0 spiro atoms. The van der Waals surface area contributed by atoms with E-state index in [1.165, 1.54) is 12.4 Å². The molecule has 2 aromatic heterocycles. The van der Waals surface area contributed by atoms with Crippen LogP contribution < -0.4 is 5.32 Å². The molecule has 1 unspecified atom stereocenters. The van der Waals surface area contributed by atoms with Gasteiger partial charge >= 0.3 is 0 Å². The van der Waals surface area contributed by atoms with Crippen molar-refractivity contribution in [1.29, 1.82) is 0 Å². The summed E-state index contributed by atoms with van der Waals surface area (Å²) in [7, 11) is 1.63. The Labute approximate surface area is 127 Å². The Bertz CT molecular complexity index is 616. The third kappa shape index (κ3) is 3.99. The van der Waals surface area contributed by atoms with Gasteiger partial charge in [0.15, 0.2) is 5.82 Å². The lowest BCUT2D eigenvalue weighted by molar-refractivity contribution is 0.0937. The predicted molar refractivity (Wildman–Crippen MR) is 77.0 cm³/mol. The maximum absolute atomic E-state index is 12.1. The lowest BCUT2D eigenvalue weighted by atomic mass is 10.2. The van der Waals surface area contributed by atoms with Crippen molar-refractivity contribution in [2.45, 2.75) is 19.5 Å². The van der Waals surface area contributed by atoms with E-state index in [2.05, 4.69) is 20.5 Å². The summed E-state index contributed by atoms with van der Waals surface area (Å²) in [5.41, 5.74) is 0.400. The van der Waals surface area contributed by atoms with E-state index < -0.39 is 0 Å². The van der Waals surface area contributed by atoms with Crippen molar-refractivity contribution >= 4 is 17.5 Å². The van der Waals surface area contributed by atoms with Crippen molar-refractivity contribution in [2.75, 3.05) is 13.7 Å².